The second-order valence-corrected chi connectivity index (χ2v) is 13.5. The van der Waals surface area contributed by atoms with E-state index >= 15 is 0 Å². The van der Waals surface area contributed by atoms with Crippen molar-refractivity contribution in [2.45, 2.75) is 42.5 Å². The zero-order valence-electron chi connectivity index (χ0n) is 26.5. The first-order valence-corrected chi connectivity index (χ1v) is 16.4. The third-order valence-corrected chi connectivity index (χ3v) is 8.69. The van der Waals surface area contributed by atoms with Crippen LogP contribution >= 0.6 is 23.4 Å². The summed E-state index contributed by atoms with van der Waals surface area (Å²) in [5.41, 5.74) is 3.28. The van der Waals surface area contributed by atoms with E-state index in [1.54, 1.807) is 22.9 Å². The molecule has 3 aromatic heterocycles. The molecule has 2 amide bonds. The molecule has 0 radical (unpaired) electrons. The van der Waals surface area contributed by atoms with Crippen molar-refractivity contribution in [2.75, 3.05) is 18.5 Å². The highest BCUT2D eigenvalue weighted by Crippen LogP contribution is 2.34. The number of aromatic hydroxyl groups is 1. The Hall–Kier alpha value is -5.04. The van der Waals surface area contributed by atoms with E-state index in [9.17, 15) is 9.90 Å². The summed E-state index contributed by atoms with van der Waals surface area (Å²) in [4.78, 5) is 15.1. The Morgan fingerprint density at radius 2 is 1.83 bits per heavy atom. The Morgan fingerprint density at radius 3 is 2.65 bits per heavy atom. The largest absolute Gasteiger partial charge is 0.507 e. The standard InChI is InChI=1S/C35H34ClN7O4S/c1-35(2,3)30-19-32(43(41-30)24-8-6-9-25(18-24)47-16-15-44)38-34(46)37-20-22-7-4-5-10-29(22)48-26-12-14-31-39-40-33(42(31)21-26)27-17-23(36)11-13-28(27)45/h4-14,17-19,21,44-45H,15-16,20H2,1-3H3,(H2,37,38,46). The van der Waals surface area contributed by atoms with Crippen molar-refractivity contribution < 1.29 is 19.7 Å². The van der Waals surface area contributed by atoms with Crippen molar-refractivity contribution in [2.24, 2.45) is 0 Å². The molecule has 4 N–H and O–H groups in total. The number of aliphatic hydroxyl groups is 1. The van der Waals surface area contributed by atoms with E-state index in [0.29, 0.717) is 39.3 Å². The number of halogens is 1. The molecule has 0 saturated heterocycles. The van der Waals surface area contributed by atoms with E-state index in [2.05, 4.69) is 41.6 Å². The van der Waals surface area contributed by atoms with Crippen molar-refractivity contribution in [3.63, 3.8) is 0 Å². The van der Waals surface area contributed by atoms with Gasteiger partial charge in [-0.3, -0.25) is 9.72 Å². The van der Waals surface area contributed by atoms with Gasteiger partial charge in [0.15, 0.2) is 11.5 Å². The maximum Gasteiger partial charge on any atom is 0.320 e. The highest BCUT2D eigenvalue weighted by Gasteiger charge is 2.22. The van der Waals surface area contributed by atoms with E-state index in [-0.39, 0.29) is 37.0 Å². The third kappa shape index (κ3) is 7.41. The monoisotopic (exact) mass is 683 g/mol. The van der Waals surface area contributed by atoms with Gasteiger partial charge in [-0.25, -0.2) is 9.48 Å². The summed E-state index contributed by atoms with van der Waals surface area (Å²) in [5, 5.41) is 39.4. The number of hydrogen-bond acceptors (Lipinski definition) is 8. The van der Waals surface area contributed by atoms with Gasteiger partial charge < -0.3 is 20.3 Å². The minimum Gasteiger partial charge on any atom is -0.507 e. The highest BCUT2D eigenvalue weighted by molar-refractivity contribution is 7.99. The lowest BCUT2D eigenvalue weighted by molar-refractivity contribution is 0.201. The van der Waals surface area contributed by atoms with Crippen LogP contribution in [0.3, 0.4) is 0 Å². The normalized spacial score (nSPS) is 11.5. The minimum absolute atomic E-state index is 0.0553. The van der Waals surface area contributed by atoms with E-state index in [1.807, 2.05) is 71.3 Å². The van der Waals surface area contributed by atoms with Crippen molar-refractivity contribution >= 4 is 40.9 Å². The fourth-order valence-electron chi connectivity index (χ4n) is 4.92. The molecule has 0 aliphatic heterocycles. The number of pyridine rings is 1. The van der Waals surface area contributed by atoms with Gasteiger partial charge in [0.2, 0.25) is 0 Å². The van der Waals surface area contributed by atoms with Gasteiger partial charge in [-0.15, -0.1) is 10.2 Å². The van der Waals surface area contributed by atoms with Gasteiger partial charge in [0, 0.05) is 45.1 Å². The molecule has 0 aliphatic carbocycles. The molecule has 0 spiro atoms. The smallest absolute Gasteiger partial charge is 0.320 e. The quantitative estimate of drug-likeness (QED) is 0.120. The van der Waals surface area contributed by atoms with Gasteiger partial charge in [0.25, 0.3) is 0 Å². The van der Waals surface area contributed by atoms with Gasteiger partial charge in [-0.05, 0) is 54.1 Å². The molecule has 3 aromatic carbocycles. The number of urea groups is 1. The molecule has 11 nitrogen and oxygen atoms in total. The number of anilines is 1. The first kappa shape index (κ1) is 32.9. The van der Waals surface area contributed by atoms with Crippen LogP contribution in [-0.2, 0) is 12.0 Å². The average Bonchev–Trinajstić information content (AvgIpc) is 3.69. The SMILES string of the molecule is CC(C)(C)c1cc(NC(=O)NCc2ccccc2Sc2ccc3nnc(-c4cc(Cl)ccc4O)n3c2)n(-c2cccc(OCCO)c2)n1. The number of ether oxygens (including phenoxy) is 1. The van der Waals surface area contributed by atoms with Crippen molar-refractivity contribution in [1.82, 2.24) is 29.7 Å². The molecule has 0 atom stereocenters. The van der Waals surface area contributed by atoms with Crippen LogP contribution < -0.4 is 15.4 Å². The van der Waals surface area contributed by atoms with Gasteiger partial charge >= 0.3 is 6.03 Å². The van der Waals surface area contributed by atoms with Crippen molar-refractivity contribution in [3.8, 4) is 28.6 Å². The molecular formula is C35H34ClN7O4S. The number of carbonyl (C=O) groups excluding carboxylic acids is 1. The molecule has 0 saturated carbocycles. The lowest BCUT2D eigenvalue weighted by Gasteiger charge is -2.14. The molecule has 3 heterocycles. The number of phenolic OH excluding ortho intramolecular Hbond substituents is 1. The maximum absolute atomic E-state index is 13.3. The van der Waals surface area contributed by atoms with Crippen LogP contribution in [-0.4, -0.2) is 53.8 Å². The molecule has 6 aromatic rings. The van der Waals surface area contributed by atoms with Gasteiger partial charge in [0.1, 0.15) is 23.9 Å². The Kier molecular flexibility index (Phi) is 9.58. The molecule has 246 valence electrons. The summed E-state index contributed by atoms with van der Waals surface area (Å²) in [6.07, 6.45) is 1.91. The fraction of sp³-hybridized carbons (Fsp3) is 0.200. The summed E-state index contributed by atoms with van der Waals surface area (Å²) in [6, 6.07) is 25.2. The number of amides is 2. The number of rotatable bonds is 10. The molecule has 0 unspecified atom stereocenters. The van der Waals surface area contributed by atoms with Gasteiger partial charge in [0.05, 0.1) is 23.6 Å². The number of phenols is 1. The van der Waals surface area contributed by atoms with E-state index in [4.69, 9.17) is 26.5 Å². The van der Waals surface area contributed by atoms with E-state index in [1.165, 1.54) is 17.8 Å². The molecule has 48 heavy (non-hydrogen) atoms. The lowest BCUT2D eigenvalue weighted by Crippen LogP contribution is -2.29. The summed E-state index contributed by atoms with van der Waals surface area (Å²) in [5.74, 6) is 1.61. The fourth-order valence-corrected chi connectivity index (χ4v) is 6.06. The molecule has 0 fully saturated rings. The molecule has 0 aliphatic rings. The third-order valence-electron chi connectivity index (χ3n) is 7.36. The second-order valence-electron chi connectivity index (χ2n) is 11.9. The Morgan fingerprint density at radius 1 is 1.00 bits per heavy atom. The summed E-state index contributed by atoms with van der Waals surface area (Å²) in [6.45, 7) is 6.53. The molecule has 6 rings (SSSR count). The van der Waals surface area contributed by atoms with Gasteiger partial charge in [-0.1, -0.05) is 68.4 Å². The van der Waals surface area contributed by atoms with E-state index < -0.39 is 0 Å². The summed E-state index contributed by atoms with van der Waals surface area (Å²) < 4.78 is 9.08. The van der Waals surface area contributed by atoms with Crippen molar-refractivity contribution in [1.29, 1.82) is 0 Å². The first-order chi connectivity index (χ1) is 23.1. The number of aromatic nitrogens is 5. The molecule has 13 heteroatoms. The predicted molar refractivity (Wildman–Crippen MR) is 186 cm³/mol. The number of fused-ring (bicyclic) bond motifs is 1. The number of nitrogens with one attached hydrogen (secondary N) is 2. The number of aliphatic hydroxyl groups excluding tert-OH is 1. The van der Waals surface area contributed by atoms with Crippen LogP contribution in [0.25, 0.3) is 22.7 Å². The number of nitrogens with zero attached hydrogens (tertiary/aromatic N) is 5. The number of carbonyl (C=O) groups is 1. The van der Waals surface area contributed by atoms with Gasteiger partial charge in [-0.2, -0.15) is 5.10 Å². The van der Waals surface area contributed by atoms with E-state index in [0.717, 1.165) is 21.0 Å². The number of hydrogen-bond donors (Lipinski definition) is 4. The summed E-state index contributed by atoms with van der Waals surface area (Å²) >= 11 is 7.72. The Balaban J connectivity index is 1.19. The molecule has 0 bridgehead atoms. The highest BCUT2D eigenvalue weighted by atomic mass is 35.5. The minimum atomic E-state index is -0.388. The first-order valence-electron chi connectivity index (χ1n) is 15.2. The topological polar surface area (TPSA) is 139 Å². The number of benzene rings is 3. The van der Waals surface area contributed by atoms with Crippen LogP contribution in [0.2, 0.25) is 5.02 Å². The molecular weight excluding hydrogens is 650 g/mol. The summed E-state index contributed by atoms with van der Waals surface area (Å²) in [7, 11) is 0. The Bertz CT molecular complexity index is 2090. The maximum atomic E-state index is 13.3. The zero-order chi connectivity index (χ0) is 33.8. The zero-order valence-corrected chi connectivity index (χ0v) is 28.1. The lowest BCUT2D eigenvalue weighted by atomic mass is 9.92. The van der Waals surface area contributed by atoms with Crippen LogP contribution in [0.4, 0.5) is 10.6 Å². The second kappa shape index (κ2) is 14.0. The van der Waals surface area contributed by atoms with Crippen molar-refractivity contribution in [3.05, 3.63) is 107 Å². The predicted octanol–water partition coefficient (Wildman–Crippen LogP) is 7.08. The van der Waals surface area contributed by atoms with Crippen LogP contribution in [0.5, 0.6) is 11.5 Å². The van der Waals surface area contributed by atoms with Crippen LogP contribution in [0, 0.1) is 0 Å². The van der Waals surface area contributed by atoms with Crippen LogP contribution in [0.15, 0.2) is 101 Å². The van der Waals surface area contributed by atoms with Crippen LogP contribution in [0.1, 0.15) is 32.0 Å². The average molecular weight is 684 g/mol. The Labute approximate surface area is 286 Å².